The third kappa shape index (κ3) is 2.30. The van der Waals surface area contributed by atoms with E-state index in [-0.39, 0.29) is 0 Å². The molecule has 0 heterocycles. The molecular formula is C9H14OS2. The number of Topliss-reactive ketones (excluding diaryl/α,β-unsaturated/α-hetero) is 1. The van der Waals surface area contributed by atoms with E-state index in [4.69, 9.17) is 0 Å². The van der Waals surface area contributed by atoms with Crippen molar-refractivity contribution in [2.45, 2.75) is 25.7 Å². The van der Waals surface area contributed by atoms with Crippen molar-refractivity contribution >= 4 is 29.3 Å². The fourth-order valence-electron chi connectivity index (χ4n) is 1.42. The van der Waals surface area contributed by atoms with Gasteiger partial charge in [-0.25, -0.2) is 0 Å². The van der Waals surface area contributed by atoms with Gasteiger partial charge in [-0.05, 0) is 31.8 Å². The van der Waals surface area contributed by atoms with Crippen molar-refractivity contribution in [1.82, 2.24) is 0 Å². The summed E-state index contributed by atoms with van der Waals surface area (Å²) in [6.07, 6.45) is 8.11. The van der Waals surface area contributed by atoms with Crippen LogP contribution in [0.1, 0.15) is 25.7 Å². The highest BCUT2D eigenvalue weighted by atomic mass is 32.2. The van der Waals surface area contributed by atoms with Crippen LogP contribution in [0.25, 0.3) is 0 Å². The lowest BCUT2D eigenvalue weighted by Crippen LogP contribution is -2.09. The quantitative estimate of drug-likeness (QED) is 0.641. The van der Waals surface area contributed by atoms with Gasteiger partial charge in [0.15, 0.2) is 5.78 Å². The Hall–Kier alpha value is 0.110. The molecule has 0 aromatic carbocycles. The summed E-state index contributed by atoms with van der Waals surface area (Å²) in [6.45, 7) is 0. The van der Waals surface area contributed by atoms with Crippen molar-refractivity contribution in [3.63, 3.8) is 0 Å². The molecule has 68 valence electrons. The molecule has 1 nitrogen and oxygen atoms in total. The molecular weight excluding hydrogens is 188 g/mol. The van der Waals surface area contributed by atoms with Crippen LogP contribution in [-0.2, 0) is 4.79 Å². The predicted molar refractivity (Wildman–Crippen MR) is 57.5 cm³/mol. The topological polar surface area (TPSA) is 17.1 Å². The summed E-state index contributed by atoms with van der Waals surface area (Å²) in [5, 5.41) is 0. The molecule has 0 spiro atoms. The van der Waals surface area contributed by atoms with Gasteiger partial charge in [-0.15, -0.1) is 23.5 Å². The number of allylic oxidation sites excluding steroid dienone is 1. The predicted octanol–water partition coefficient (Wildman–Crippen LogP) is 3.07. The highest BCUT2D eigenvalue weighted by Gasteiger charge is 2.18. The molecule has 1 saturated carbocycles. The van der Waals surface area contributed by atoms with Crippen LogP contribution in [0, 0.1) is 0 Å². The van der Waals surface area contributed by atoms with Crippen LogP contribution >= 0.6 is 23.5 Å². The Morgan fingerprint density at radius 1 is 1.17 bits per heavy atom. The van der Waals surface area contributed by atoms with E-state index in [0.717, 1.165) is 24.8 Å². The van der Waals surface area contributed by atoms with Crippen molar-refractivity contribution in [2.24, 2.45) is 0 Å². The highest BCUT2D eigenvalue weighted by Crippen LogP contribution is 2.33. The summed E-state index contributed by atoms with van der Waals surface area (Å²) in [7, 11) is 0. The molecule has 1 rings (SSSR count). The molecule has 0 unspecified atom stereocenters. The van der Waals surface area contributed by atoms with E-state index in [1.807, 2.05) is 12.5 Å². The van der Waals surface area contributed by atoms with Crippen molar-refractivity contribution in [1.29, 1.82) is 0 Å². The maximum atomic E-state index is 11.5. The second kappa shape index (κ2) is 4.97. The fraction of sp³-hybridized carbons (Fsp3) is 0.667. The van der Waals surface area contributed by atoms with Gasteiger partial charge < -0.3 is 0 Å². The summed E-state index contributed by atoms with van der Waals surface area (Å²) < 4.78 is 1.22. The normalized spacial score (nSPS) is 18.2. The third-order valence-corrected chi connectivity index (χ3v) is 4.27. The first-order valence-electron chi connectivity index (χ1n) is 4.14. The van der Waals surface area contributed by atoms with E-state index in [1.165, 1.54) is 10.7 Å². The molecule has 12 heavy (non-hydrogen) atoms. The van der Waals surface area contributed by atoms with Crippen LogP contribution in [0.4, 0.5) is 0 Å². The molecule has 0 aromatic heterocycles. The van der Waals surface area contributed by atoms with Gasteiger partial charge in [0.05, 0.1) is 0 Å². The first-order chi connectivity index (χ1) is 5.79. The Balaban J connectivity index is 2.80. The maximum Gasteiger partial charge on any atom is 0.160 e. The molecule has 0 aromatic rings. The van der Waals surface area contributed by atoms with Crippen molar-refractivity contribution in [3.8, 4) is 0 Å². The first-order valence-corrected chi connectivity index (χ1v) is 6.59. The average Bonchev–Trinajstić information content (AvgIpc) is 2.10. The summed E-state index contributed by atoms with van der Waals surface area (Å²) in [4.78, 5) is 11.5. The lowest BCUT2D eigenvalue weighted by Gasteiger charge is -2.15. The second-order valence-electron chi connectivity index (χ2n) is 2.80. The highest BCUT2D eigenvalue weighted by molar-refractivity contribution is 8.21. The second-order valence-corrected chi connectivity index (χ2v) is 4.70. The minimum absolute atomic E-state index is 0.375. The zero-order chi connectivity index (χ0) is 8.97. The van der Waals surface area contributed by atoms with E-state index in [9.17, 15) is 4.79 Å². The van der Waals surface area contributed by atoms with Gasteiger partial charge in [0.1, 0.15) is 0 Å². The van der Waals surface area contributed by atoms with E-state index in [1.54, 1.807) is 23.5 Å². The van der Waals surface area contributed by atoms with Crippen LogP contribution in [0.5, 0.6) is 0 Å². The van der Waals surface area contributed by atoms with Gasteiger partial charge >= 0.3 is 0 Å². The first kappa shape index (κ1) is 10.2. The molecule has 0 radical (unpaired) electrons. The Kier molecular flexibility index (Phi) is 4.22. The van der Waals surface area contributed by atoms with E-state index < -0.39 is 0 Å². The molecule has 0 N–H and O–H groups in total. The molecule has 0 atom stereocenters. The number of hydrogen-bond donors (Lipinski definition) is 0. The fourth-order valence-corrected chi connectivity index (χ4v) is 3.01. The van der Waals surface area contributed by atoms with E-state index in [2.05, 4.69) is 0 Å². The summed E-state index contributed by atoms with van der Waals surface area (Å²) in [5.41, 5.74) is 1.08. The molecule has 0 bridgehead atoms. The number of thioether (sulfide) groups is 2. The van der Waals surface area contributed by atoms with Crippen LogP contribution in [0.3, 0.4) is 0 Å². The third-order valence-electron chi connectivity index (χ3n) is 2.03. The lowest BCUT2D eigenvalue weighted by molar-refractivity contribution is -0.116. The van der Waals surface area contributed by atoms with E-state index >= 15 is 0 Å². The number of carbonyl (C=O) groups excluding carboxylic acids is 1. The van der Waals surface area contributed by atoms with Gasteiger partial charge in [0.2, 0.25) is 0 Å². The molecule has 1 aliphatic rings. The SMILES string of the molecule is CSC(SC)=C1CCCCC1=O. The smallest absolute Gasteiger partial charge is 0.160 e. The largest absolute Gasteiger partial charge is 0.294 e. The molecule has 1 fully saturated rings. The average molecular weight is 202 g/mol. The summed E-state index contributed by atoms with van der Waals surface area (Å²) >= 11 is 3.40. The maximum absolute atomic E-state index is 11.5. The number of ketones is 1. The number of carbonyl (C=O) groups is 1. The molecule has 3 heteroatoms. The van der Waals surface area contributed by atoms with E-state index in [0.29, 0.717) is 5.78 Å². The Labute approximate surface area is 82.4 Å². The molecule has 0 aliphatic heterocycles. The molecule has 1 aliphatic carbocycles. The minimum Gasteiger partial charge on any atom is -0.294 e. The van der Waals surface area contributed by atoms with Gasteiger partial charge in [0, 0.05) is 16.2 Å². The minimum atomic E-state index is 0.375. The summed E-state index contributed by atoms with van der Waals surface area (Å²) in [5.74, 6) is 0.375. The molecule has 0 amide bonds. The van der Waals surface area contributed by atoms with Crippen LogP contribution < -0.4 is 0 Å². The van der Waals surface area contributed by atoms with Gasteiger partial charge in [-0.2, -0.15) is 0 Å². The van der Waals surface area contributed by atoms with Crippen molar-refractivity contribution < 1.29 is 4.79 Å². The van der Waals surface area contributed by atoms with Gasteiger partial charge in [-0.3, -0.25) is 4.79 Å². The van der Waals surface area contributed by atoms with Crippen molar-refractivity contribution in [3.05, 3.63) is 9.81 Å². The van der Waals surface area contributed by atoms with Crippen LogP contribution in [-0.4, -0.2) is 18.3 Å². The molecule has 0 saturated heterocycles. The summed E-state index contributed by atoms with van der Waals surface area (Å²) in [6, 6.07) is 0. The van der Waals surface area contributed by atoms with Crippen molar-refractivity contribution in [2.75, 3.05) is 12.5 Å². The van der Waals surface area contributed by atoms with Gasteiger partial charge in [0.25, 0.3) is 0 Å². The zero-order valence-electron chi connectivity index (χ0n) is 7.55. The number of rotatable bonds is 2. The Morgan fingerprint density at radius 3 is 2.25 bits per heavy atom. The Morgan fingerprint density at radius 2 is 1.75 bits per heavy atom. The van der Waals surface area contributed by atoms with Gasteiger partial charge in [-0.1, -0.05) is 0 Å². The monoisotopic (exact) mass is 202 g/mol. The lowest BCUT2D eigenvalue weighted by atomic mass is 9.95. The number of hydrogen-bond acceptors (Lipinski definition) is 3. The van der Waals surface area contributed by atoms with Crippen LogP contribution in [0.15, 0.2) is 9.81 Å². The Bertz CT molecular complexity index is 203. The standard InChI is InChI=1S/C9H14OS2/c1-11-9(12-2)7-5-3-4-6-8(7)10/h3-6H2,1-2H3. The zero-order valence-corrected chi connectivity index (χ0v) is 9.19. The van der Waals surface area contributed by atoms with Crippen LogP contribution in [0.2, 0.25) is 0 Å².